The second-order valence-corrected chi connectivity index (χ2v) is 10.1. The SMILES string of the molecule is CC12C=CN=C1N=CC(c1c(F)cn3nc(NC4CCC(C(C)(C)O)CC4)[nH]c(=O)c13)=CC2. The minimum absolute atomic E-state index is 0.134. The van der Waals surface area contributed by atoms with Crippen LogP contribution < -0.4 is 10.9 Å². The number of aliphatic hydroxyl groups is 1. The van der Waals surface area contributed by atoms with Crippen LogP contribution in [0.2, 0.25) is 0 Å². The Labute approximate surface area is 191 Å². The lowest BCUT2D eigenvalue weighted by atomic mass is 9.77. The van der Waals surface area contributed by atoms with Crippen molar-refractivity contribution in [2.45, 2.75) is 64.5 Å². The first kappa shape index (κ1) is 21.8. The third-order valence-electron chi connectivity index (χ3n) is 7.17. The summed E-state index contributed by atoms with van der Waals surface area (Å²) in [6, 6.07) is 0.134. The number of H-pyrrole nitrogens is 1. The van der Waals surface area contributed by atoms with Crippen molar-refractivity contribution in [2.75, 3.05) is 5.32 Å². The summed E-state index contributed by atoms with van der Waals surface area (Å²) < 4.78 is 16.3. The molecule has 1 fully saturated rings. The third-order valence-corrected chi connectivity index (χ3v) is 7.17. The van der Waals surface area contributed by atoms with E-state index in [0.29, 0.717) is 23.8 Å². The van der Waals surface area contributed by atoms with E-state index in [-0.39, 0.29) is 28.5 Å². The minimum atomic E-state index is -0.690. The van der Waals surface area contributed by atoms with Gasteiger partial charge in [0.2, 0.25) is 5.95 Å². The number of aliphatic imine (C=N–C) groups is 2. The molecule has 0 amide bonds. The lowest BCUT2D eigenvalue weighted by Gasteiger charge is -2.36. The zero-order chi connectivity index (χ0) is 23.4. The number of hydrogen-bond acceptors (Lipinski definition) is 6. The van der Waals surface area contributed by atoms with Crippen LogP contribution in [0.25, 0.3) is 11.1 Å². The van der Waals surface area contributed by atoms with Crippen LogP contribution in [-0.2, 0) is 0 Å². The molecule has 2 aromatic rings. The summed E-state index contributed by atoms with van der Waals surface area (Å²) in [5.41, 5.74) is -0.548. The number of hydrogen-bond donors (Lipinski definition) is 3. The molecule has 0 radical (unpaired) electrons. The van der Waals surface area contributed by atoms with Crippen molar-refractivity contribution in [3.05, 3.63) is 46.3 Å². The van der Waals surface area contributed by atoms with Gasteiger partial charge < -0.3 is 10.4 Å². The number of nitrogens with zero attached hydrogens (tertiary/aromatic N) is 4. The van der Waals surface area contributed by atoms with Gasteiger partial charge in [0.25, 0.3) is 5.56 Å². The molecule has 33 heavy (non-hydrogen) atoms. The Hall–Kier alpha value is -3.07. The molecule has 3 aliphatic rings. The first-order chi connectivity index (χ1) is 15.6. The van der Waals surface area contributed by atoms with Gasteiger partial charge in [-0.25, -0.2) is 18.9 Å². The summed E-state index contributed by atoms with van der Waals surface area (Å²) in [6.07, 6.45) is 12.5. The van der Waals surface area contributed by atoms with Crippen molar-refractivity contribution in [1.82, 2.24) is 14.6 Å². The van der Waals surface area contributed by atoms with Gasteiger partial charge in [0.1, 0.15) is 11.4 Å². The zero-order valence-electron chi connectivity index (χ0n) is 19.1. The Balaban J connectivity index is 1.41. The van der Waals surface area contributed by atoms with Crippen molar-refractivity contribution in [2.24, 2.45) is 21.3 Å². The molecule has 1 atom stereocenters. The number of anilines is 1. The lowest BCUT2D eigenvalue weighted by Crippen LogP contribution is -2.37. The Morgan fingerprint density at radius 2 is 2.06 bits per heavy atom. The standard InChI is InChI=1S/C24H29FN6O2/c1-23(2,33)15-4-6-16(7-5-15)28-22-29-20(32)19-18(17(25)13-31(19)30-22)14-8-9-24(3)10-11-26-21(24)27-12-14/h8,10-13,15-16,33H,4-7,9H2,1-3H3,(H2,28,29,30,32). The Morgan fingerprint density at radius 1 is 1.30 bits per heavy atom. The average Bonchev–Trinajstić information content (AvgIpc) is 3.23. The zero-order valence-corrected chi connectivity index (χ0v) is 19.1. The smallest absolute Gasteiger partial charge is 0.277 e. The Morgan fingerprint density at radius 3 is 2.79 bits per heavy atom. The highest BCUT2D eigenvalue weighted by Gasteiger charge is 2.33. The molecule has 0 bridgehead atoms. The lowest BCUT2D eigenvalue weighted by molar-refractivity contribution is -0.000419. The molecule has 1 unspecified atom stereocenters. The maximum absolute atomic E-state index is 15.0. The monoisotopic (exact) mass is 452 g/mol. The van der Waals surface area contributed by atoms with Crippen LogP contribution in [0.15, 0.2) is 39.3 Å². The molecular weight excluding hydrogens is 423 g/mol. The first-order valence-corrected chi connectivity index (χ1v) is 11.4. The third kappa shape index (κ3) is 3.94. The molecule has 8 nitrogen and oxygen atoms in total. The van der Waals surface area contributed by atoms with E-state index >= 15 is 4.39 Å². The van der Waals surface area contributed by atoms with Gasteiger partial charge in [0.05, 0.1) is 22.8 Å². The molecule has 174 valence electrons. The summed E-state index contributed by atoms with van der Waals surface area (Å²) >= 11 is 0. The van der Waals surface area contributed by atoms with E-state index in [9.17, 15) is 9.90 Å². The van der Waals surface area contributed by atoms with Crippen LogP contribution in [0.5, 0.6) is 0 Å². The van der Waals surface area contributed by atoms with Crippen LogP contribution >= 0.6 is 0 Å². The summed E-state index contributed by atoms with van der Waals surface area (Å²) in [6.45, 7) is 5.73. The number of amidine groups is 1. The summed E-state index contributed by atoms with van der Waals surface area (Å²) in [5.74, 6) is 0.716. The number of aromatic nitrogens is 3. The van der Waals surface area contributed by atoms with E-state index in [1.165, 1.54) is 10.7 Å². The predicted molar refractivity (Wildman–Crippen MR) is 127 cm³/mol. The van der Waals surface area contributed by atoms with E-state index in [4.69, 9.17) is 0 Å². The van der Waals surface area contributed by atoms with Crippen LogP contribution in [0.3, 0.4) is 0 Å². The maximum atomic E-state index is 15.0. The fourth-order valence-electron chi connectivity index (χ4n) is 5.04. The fourth-order valence-corrected chi connectivity index (χ4v) is 5.04. The highest BCUT2D eigenvalue weighted by atomic mass is 19.1. The maximum Gasteiger partial charge on any atom is 0.277 e. The number of rotatable bonds is 4. The van der Waals surface area contributed by atoms with Crippen LogP contribution in [-0.4, -0.2) is 43.4 Å². The van der Waals surface area contributed by atoms with Crippen molar-refractivity contribution in [3.8, 4) is 0 Å². The number of aromatic amines is 1. The molecule has 0 saturated heterocycles. The summed E-state index contributed by atoms with van der Waals surface area (Å²) in [7, 11) is 0. The normalized spacial score (nSPS) is 27.3. The Bertz CT molecular complexity index is 1270. The van der Waals surface area contributed by atoms with E-state index in [1.54, 1.807) is 12.4 Å². The number of nitrogens with one attached hydrogen (secondary N) is 2. The van der Waals surface area contributed by atoms with Crippen molar-refractivity contribution in [1.29, 1.82) is 0 Å². The van der Waals surface area contributed by atoms with Crippen molar-refractivity contribution < 1.29 is 9.50 Å². The molecule has 4 heterocycles. The molecule has 2 aromatic heterocycles. The molecule has 0 spiro atoms. The predicted octanol–water partition coefficient (Wildman–Crippen LogP) is 3.69. The van der Waals surface area contributed by atoms with Crippen LogP contribution in [0, 0.1) is 17.2 Å². The highest BCUT2D eigenvalue weighted by molar-refractivity contribution is 6.17. The van der Waals surface area contributed by atoms with Crippen LogP contribution in [0.1, 0.15) is 58.4 Å². The second-order valence-electron chi connectivity index (χ2n) is 10.1. The molecule has 1 aliphatic carbocycles. The van der Waals surface area contributed by atoms with Gasteiger partial charge in [-0.05, 0) is 58.8 Å². The minimum Gasteiger partial charge on any atom is -0.390 e. The molecule has 5 rings (SSSR count). The first-order valence-electron chi connectivity index (χ1n) is 11.4. The van der Waals surface area contributed by atoms with Crippen molar-refractivity contribution in [3.63, 3.8) is 0 Å². The second kappa shape index (κ2) is 7.76. The van der Waals surface area contributed by atoms with E-state index < -0.39 is 17.0 Å². The van der Waals surface area contributed by atoms with E-state index in [2.05, 4.69) is 25.4 Å². The van der Waals surface area contributed by atoms with Crippen LogP contribution in [0.4, 0.5) is 10.3 Å². The topological polar surface area (TPSA) is 107 Å². The van der Waals surface area contributed by atoms with Gasteiger partial charge in [-0.2, -0.15) is 0 Å². The van der Waals surface area contributed by atoms with Gasteiger partial charge >= 0.3 is 0 Å². The van der Waals surface area contributed by atoms with E-state index in [1.807, 2.05) is 32.9 Å². The summed E-state index contributed by atoms with van der Waals surface area (Å²) in [5, 5.41) is 17.9. The average molecular weight is 453 g/mol. The van der Waals surface area contributed by atoms with Gasteiger partial charge in [-0.15, -0.1) is 5.10 Å². The molecule has 3 N–H and O–H groups in total. The molecule has 1 saturated carbocycles. The van der Waals surface area contributed by atoms with Crippen molar-refractivity contribution >= 4 is 29.1 Å². The number of allylic oxidation sites excluding steroid dienone is 2. The van der Waals surface area contributed by atoms with Gasteiger partial charge in [-0.1, -0.05) is 12.2 Å². The molecular formula is C24H29FN6O2. The number of fused-ring (bicyclic) bond motifs is 2. The van der Waals surface area contributed by atoms with Gasteiger partial charge in [0.15, 0.2) is 5.82 Å². The Kier molecular flexibility index (Phi) is 5.12. The fraction of sp³-hybridized carbons (Fsp3) is 0.500. The summed E-state index contributed by atoms with van der Waals surface area (Å²) in [4.78, 5) is 24.5. The number of halogens is 1. The van der Waals surface area contributed by atoms with Gasteiger partial charge in [0, 0.05) is 24.0 Å². The quantitative estimate of drug-likeness (QED) is 0.658. The molecule has 2 aliphatic heterocycles. The van der Waals surface area contributed by atoms with Gasteiger partial charge in [-0.3, -0.25) is 9.78 Å². The molecule has 0 aromatic carbocycles. The largest absolute Gasteiger partial charge is 0.390 e. The highest BCUT2D eigenvalue weighted by Crippen LogP contribution is 2.36. The molecule has 9 heteroatoms. The van der Waals surface area contributed by atoms with E-state index in [0.717, 1.165) is 25.7 Å².